The van der Waals surface area contributed by atoms with E-state index < -0.39 is 0 Å². The van der Waals surface area contributed by atoms with Crippen LogP contribution in [0, 0.1) is 6.92 Å². The highest BCUT2D eigenvalue weighted by molar-refractivity contribution is 9.10. The van der Waals surface area contributed by atoms with Crippen LogP contribution in [-0.2, 0) is 26.6 Å². The fourth-order valence-electron chi connectivity index (χ4n) is 2.38. The van der Waals surface area contributed by atoms with Crippen LogP contribution < -0.4 is 0 Å². The molecular formula is C16H22BrN3. The summed E-state index contributed by atoms with van der Waals surface area (Å²) in [5.41, 5.74) is 5.09. The smallest absolute Gasteiger partial charge is 0.0767 e. The van der Waals surface area contributed by atoms with Crippen LogP contribution in [-0.4, -0.2) is 21.7 Å². The molecule has 0 N–H and O–H groups in total. The molecular weight excluding hydrogens is 314 g/mol. The summed E-state index contributed by atoms with van der Waals surface area (Å²) in [7, 11) is 4.17. The highest BCUT2D eigenvalue weighted by Crippen LogP contribution is 2.23. The molecule has 1 aromatic heterocycles. The molecule has 108 valence electrons. The van der Waals surface area contributed by atoms with Crippen molar-refractivity contribution < 1.29 is 0 Å². The zero-order valence-electron chi connectivity index (χ0n) is 12.7. The molecule has 0 saturated heterocycles. The first-order valence-corrected chi connectivity index (χ1v) is 7.75. The molecule has 1 heterocycles. The summed E-state index contributed by atoms with van der Waals surface area (Å²) >= 11 is 3.68. The molecule has 0 bridgehead atoms. The summed E-state index contributed by atoms with van der Waals surface area (Å²) < 4.78 is 3.14. The van der Waals surface area contributed by atoms with Crippen LogP contribution in [0.3, 0.4) is 0 Å². The maximum absolute atomic E-state index is 4.55. The zero-order valence-corrected chi connectivity index (χ0v) is 14.2. The number of aromatic nitrogens is 2. The predicted molar refractivity (Wildman–Crippen MR) is 86.6 cm³/mol. The van der Waals surface area contributed by atoms with Crippen LogP contribution in [0.1, 0.15) is 29.4 Å². The van der Waals surface area contributed by atoms with Gasteiger partial charge in [-0.3, -0.25) is 9.58 Å². The number of benzene rings is 1. The van der Waals surface area contributed by atoms with E-state index in [0.717, 1.165) is 29.7 Å². The van der Waals surface area contributed by atoms with E-state index in [4.69, 9.17) is 0 Å². The van der Waals surface area contributed by atoms with Crippen LogP contribution in [0.25, 0.3) is 0 Å². The van der Waals surface area contributed by atoms with E-state index in [1.807, 2.05) is 11.7 Å². The summed E-state index contributed by atoms with van der Waals surface area (Å²) in [5, 5.41) is 4.55. The van der Waals surface area contributed by atoms with Crippen LogP contribution >= 0.6 is 15.9 Å². The van der Waals surface area contributed by atoms with E-state index in [9.17, 15) is 0 Å². The lowest BCUT2D eigenvalue weighted by Crippen LogP contribution is -2.19. The molecule has 4 heteroatoms. The third kappa shape index (κ3) is 3.30. The molecule has 0 aliphatic rings. The fourth-order valence-corrected chi connectivity index (χ4v) is 3.12. The SMILES string of the molecule is CCc1nn(C)c(CN(C)Cc2ccccc2C)c1Br. The average molecular weight is 336 g/mol. The predicted octanol–water partition coefficient (Wildman–Crippen LogP) is 3.69. The lowest BCUT2D eigenvalue weighted by molar-refractivity contribution is 0.308. The molecule has 20 heavy (non-hydrogen) atoms. The monoisotopic (exact) mass is 335 g/mol. The Morgan fingerprint density at radius 1 is 1.25 bits per heavy atom. The fraction of sp³-hybridized carbons (Fsp3) is 0.438. The number of rotatable bonds is 5. The average Bonchev–Trinajstić information content (AvgIpc) is 2.69. The lowest BCUT2D eigenvalue weighted by Gasteiger charge is -2.18. The highest BCUT2D eigenvalue weighted by Gasteiger charge is 2.14. The number of nitrogens with zero attached hydrogens (tertiary/aromatic N) is 3. The van der Waals surface area contributed by atoms with Crippen molar-refractivity contribution in [1.29, 1.82) is 0 Å². The van der Waals surface area contributed by atoms with Gasteiger partial charge in [-0.15, -0.1) is 0 Å². The van der Waals surface area contributed by atoms with E-state index in [1.54, 1.807) is 0 Å². The second-order valence-electron chi connectivity index (χ2n) is 5.28. The third-order valence-electron chi connectivity index (χ3n) is 3.62. The van der Waals surface area contributed by atoms with Gasteiger partial charge in [0.25, 0.3) is 0 Å². The van der Waals surface area contributed by atoms with Crippen LogP contribution in [0.4, 0.5) is 0 Å². The van der Waals surface area contributed by atoms with Gasteiger partial charge >= 0.3 is 0 Å². The minimum atomic E-state index is 0.887. The van der Waals surface area contributed by atoms with E-state index >= 15 is 0 Å². The second kappa shape index (κ2) is 6.55. The van der Waals surface area contributed by atoms with Crippen molar-refractivity contribution in [1.82, 2.24) is 14.7 Å². The van der Waals surface area contributed by atoms with E-state index in [0.29, 0.717) is 0 Å². The molecule has 1 aromatic carbocycles. The van der Waals surface area contributed by atoms with Gasteiger partial charge in [-0.2, -0.15) is 5.10 Å². The number of hydrogen-bond acceptors (Lipinski definition) is 2. The maximum Gasteiger partial charge on any atom is 0.0767 e. The topological polar surface area (TPSA) is 21.1 Å². The Bertz CT molecular complexity index is 589. The quantitative estimate of drug-likeness (QED) is 0.830. The molecule has 0 fully saturated rings. The van der Waals surface area contributed by atoms with Crippen molar-refractivity contribution in [3.63, 3.8) is 0 Å². The van der Waals surface area contributed by atoms with Gasteiger partial charge < -0.3 is 0 Å². The van der Waals surface area contributed by atoms with Crippen molar-refractivity contribution >= 4 is 15.9 Å². The van der Waals surface area contributed by atoms with Crippen molar-refractivity contribution in [3.05, 3.63) is 51.3 Å². The molecule has 0 radical (unpaired) electrons. The minimum Gasteiger partial charge on any atom is -0.296 e. The summed E-state index contributed by atoms with van der Waals surface area (Å²) in [4.78, 5) is 2.32. The number of aryl methyl sites for hydroxylation is 3. The number of halogens is 1. The summed E-state index contributed by atoms with van der Waals surface area (Å²) in [6.45, 7) is 6.14. The van der Waals surface area contributed by atoms with Gasteiger partial charge in [-0.25, -0.2) is 0 Å². The Morgan fingerprint density at radius 3 is 2.55 bits per heavy atom. The van der Waals surface area contributed by atoms with Gasteiger partial charge in [0.2, 0.25) is 0 Å². The molecule has 0 atom stereocenters. The van der Waals surface area contributed by atoms with E-state index in [-0.39, 0.29) is 0 Å². The molecule has 0 aliphatic carbocycles. The standard InChI is InChI=1S/C16H22BrN3/c1-5-14-16(17)15(20(4)18-14)11-19(3)10-13-9-7-6-8-12(13)2/h6-9H,5,10-11H2,1-4H3. The molecule has 2 rings (SSSR count). The molecule has 0 unspecified atom stereocenters. The Balaban J connectivity index is 2.11. The largest absolute Gasteiger partial charge is 0.296 e. The zero-order chi connectivity index (χ0) is 14.7. The van der Waals surface area contributed by atoms with E-state index in [2.05, 4.69) is 71.1 Å². The Hall–Kier alpha value is -1.13. The summed E-state index contributed by atoms with van der Waals surface area (Å²) in [6, 6.07) is 8.55. The minimum absolute atomic E-state index is 0.887. The van der Waals surface area contributed by atoms with Gasteiger partial charge in [0, 0.05) is 20.1 Å². The summed E-state index contributed by atoms with van der Waals surface area (Å²) in [5.74, 6) is 0. The highest BCUT2D eigenvalue weighted by atomic mass is 79.9. The normalized spacial score (nSPS) is 11.3. The van der Waals surface area contributed by atoms with Crippen LogP contribution in [0.15, 0.2) is 28.7 Å². The molecule has 0 amide bonds. The Morgan fingerprint density at radius 2 is 1.95 bits per heavy atom. The van der Waals surface area contributed by atoms with Gasteiger partial charge in [0.05, 0.1) is 15.9 Å². The lowest BCUT2D eigenvalue weighted by atomic mass is 10.1. The molecule has 3 nitrogen and oxygen atoms in total. The van der Waals surface area contributed by atoms with Crippen molar-refractivity contribution in [3.8, 4) is 0 Å². The maximum atomic E-state index is 4.55. The number of hydrogen-bond donors (Lipinski definition) is 0. The first kappa shape index (κ1) is 15.3. The summed E-state index contributed by atoms with van der Waals surface area (Å²) in [6.07, 6.45) is 0.954. The van der Waals surface area contributed by atoms with Crippen LogP contribution in [0.2, 0.25) is 0 Å². The van der Waals surface area contributed by atoms with Crippen molar-refractivity contribution in [2.45, 2.75) is 33.4 Å². The molecule has 0 spiro atoms. The second-order valence-corrected chi connectivity index (χ2v) is 6.08. The van der Waals surface area contributed by atoms with E-state index in [1.165, 1.54) is 16.8 Å². The Kier molecular flexibility index (Phi) is 5.00. The van der Waals surface area contributed by atoms with Crippen LogP contribution in [0.5, 0.6) is 0 Å². The first-order chi connectivity index (χ1) is 9.52. The third-order valence-corrected chi connectivity index (χ3v) is 4.54. The first-order valence-electron chi connectivity index (χ1n) is 6.96. The van der Waals surface area contributed by atoms with Gasteiger partial charge in [0.15, 0.2) is 0 Å². The van der Waals surface area contributed by atoms with Gasteiger partial charge in [-0.1, -0.05) is 31.2 Å². The molecule has 0 aliphatic heterocycles. The van der Waals surface area contributed by atoms with Gasteiger partial charge in [0.1, 0.15) is 0 Å². The molecule has 2 aromatic rings. The van der Waals surface area contributed by atoms with Crippen molar-refractivity contribution in [2.24, 2.45) is 7.05 Å². The van der Waals surface area contributed by atoms with Gasteiger partial charge in [-0.05, 0) is 47.4 Å². The molecule has 0 saturated carbocycles. The Labute approximate surface area is 129 Å². The van der Waals surface area contributed by atoms with Crippen molar-refractivity contribution in [2.75, 3.05) is 7.05 Å².